The van der Waals surface area contributed by atoms with Crippen molar-refractivity contribution in [2.75, 3.05) is 6.61 Å². The van der Waals surface area contributed by atoms with Crippen molar-refractivity contribution in [1.82, 2.24) is 5.32 Å². The summed E-state index contributed by atoms with van der Waals surface area (Å²) in [7, 11) is 0. The molecule has 0 rings (SSSR count). The molecule has 5 N–H and O–H groups in total. The number of imide groups is 1. The van der Waals surface area contributed by atoms with E-state index in [2.05, 4.69) is 22.8 Å². The molecule has 4 amide bonds. The first kappa shape index (κ1) is 16.4. The number of carbonyl (C=O) groups is 3. The van der Waals surface area contributed by atoms with Gasteiger partial charge in [0.25, 0.3) is 0 Å². The molecule has 0 aromatic carbocycles. The Hall–Kier alpha value is -2.05. The Balaban J connectivity index is 0. The van der Waals surface area contributed by atoms with Crippen molar-refractivity contribution in [1.29, 1.82) is 0 Å². The maximum Gasteiger partial charge on any atom is 0.320 e. The van der Waals surface area contributed by atoms with Gasteiger partial charge in [0.1, 0.15) is 6.61 Å². The summed E-state index contributed by atoms with van der Waals surface area (Å²) >= 11 is 0. The molecular weight excluding hydrogens is 214 g/mol. The van der Waals surface area contributed by atoms with Crippen LogP contribution >= 0.6 is 0 Å². The average Bonchev–Trinajstić information content (AvgIpc) is 2.14. The number of nitrogens with two attached hydrogens (primary N) is 2. The van der Waals surface area contributed by atoms with Gasteiger partial charge in [-0.25, -0.2) is 9.59 Å². The maximum atomic E-state index is 10.5. The second kappa shape index (κ2) is 11.0. The summed E-state index contributed by atoms with van der Waals surface area (Å²) < 4.78 is 4.67. The molecule has 0 aliphatic rings. The number of primary amides is 2. The minimum atomic E-state index is -0.938. The molecule has 0 spiro atoms. The van der Waals surface area contributed by atoms with E-state index in [0.29, 0.717) is 13.0 Å². The molecule has 0 atom stereocenters. The Kier molecular flexibility index (Phi) is 11.3. The average molecular weight is 231 g/mol. The van der Waals surface area contributed by atoms with E-state index >= 15 is 0 Å². The number of hydrogen-bond donors (Lipinski definition) is 3. The van der Waals surface area contributed by atoms with Gasteiger partial charge >= 0.3 is 18.0 Å². The van der Waals surface area contributed by atoms with Crippen molar-refractivity contribution in [3.8, 4) is 0 Å². The van der Waals surface area contributed by atoms with Gasteiger partial charge in [-0.3, -0.25) is 10.1 Å². The quantitative estimate of drug-likeness (QED) is 0.473. The van der Waals surface area contributed by atoms with Crippen LogP contribution in [0.25, 0.3) is 0 Å². The van der Waals surface area contributed by atoms with Crippen LogP contribution in [0, 0.1) is 0 Å². The summed E-state index contributed by atoms with van der Waals surface area (Å²) in [6.45, 7) is 5.69. The van der Waals surface area contributed by atoms with Gasteiger partial charge in [0.15, 0.2) is 0 Å². The zero-order chi connectivity index (χ0) is 13.0. The van der Waals surface area contributed by atoms with Crippen LogP contribution in [0.15, 0.2) is 12.7 Å². The van der Waals surface area contributed by atoms with Crippen LogP contribution in [-0.2, 0) is 9.53 Å². The Bertz CT molecular complexity index is 241. The van der Waals surface area contributed by atoms with Gasteiger partial charge < -0.3 is 16.2 Å². The lowest BCUT2D eigenvalue weighted by molar-refractivity contribution is -0.142. The summed E-state index contributed by atoms with van der Waals surface area (Å²) in [6.07, 6.45) is 2.91. The first-order chi connectivity index (χ1) is 7.43. The Morgan fingerprint density at radius 3 is 2.06 bits per heavy atom. The monoisotopic (exact) mass is 231 g/mol. The number of amides is 4. The zero-order valence-corrected chi connectivity index (χ0v) is 9.19. The van der Waals surface area contributed by atoms with E-state index in [1.807, 2.05) is 6.92 Å². The van der Waals surface area contributed by atoms with Crippen LogP contribution in [-0.4, -0.2) is 24.6 Å². The smallest absolute Gasteiger partial charge is 0.320 e. The molecule has 92 valence electrons. The molecule has 0 saturated heterocycles. The first-order valence-corrected chi connectivity index (χ1v) is 4.56. The van der Waals surface area contributed by atoms with E-state index in [1.165, 1.54) is 0 Å². The molecular formula is C9H17N3O4. The molecule has 0 aromatic heterocycles. The van der Waals surface area contributed by atoms with E-state index in [4.69, 9.17) is 0 Å². The normalized spacial score (nSPS) is 8.06. The predicted molar refractivity (Wildman–Crippen MR) is 58.4 cm³/mol. The minimum Gasteiger partial charge on any atom is -0.461 e. The fourth-order valence-corrected chi connectivity index (χ4v) is 0.550. The molecule has 0 aliphatic carbocycles. The molecule has 0 radical (unpaired) electrons. The maximum absolute atomic E-state index is 10.5. The standard InChI is InChI=1S/C7H12O2.C2H5N3O2/c1-3-5-7(8)9-6-4-2;3-1(6)5-2(4)7/h4H,2-3,5-6H2,1H3;(H5,3,4,5,6,7). The van der Waals surface area contributed by atoms with E-state index in [1.54, 1.807) is 11.4 Å². The highest BCUT2D eigenvalue weighted by Gasteiger charge is 1.96. The predicted octanol–water partition coefficient (Wildman–Crippen LogP) is 0.249. The number of esters is 1. The number of hydrogen-bond acceptors (Lipinski definition) is 4. The van der Waals surface area contributed by atoms with Gasteiger partial charge in [-0.1, -0.05) is 19.6 Å². The van der Waals surface area contributed by atoms with Crippen molar-refractivity contribution in [3.63, 3.8) is 0 Å². The van der Waals surface area contributed by atoms with E-state index in [-0.39, 0.29) is 5.97 Å². The summed E-state index contributed by atoms with van der Waals surface area (Å²) in [6, 6.07) is -1.88. The van der Waals surface area contributed by atoms with Gasteiger partial charge in [-0.05, 0) is 6.42 Å². The molecule has 0 heterocycles. The SMILES string of the molecule is C=CCOC(=O)CCC.NC(=O)NC(N)=O. The fraction of sp³-hybridized carbons (Fsp3) is 0.444. The highest BCUT2D eigenvalue weighted by Crippen LogP contribution is 1.89. The number of urea groups is 2. The van der Waals surface area contributed by atoms with Crippen LogP contribution in [0.2, 0.25) is 0 Å². The second-order valence-corrected chi connectivity index (χ2v) is 2.58. The minimum absolute atomic E-state index is 0.141. The van der Waals surface area contributed by atoms with Gasteiger partial charge in [-0.2, -0.15) is 0 Å². The van der Waals surface area contributed by atoms with E-state index in [9.17, 15) is 14.4 Å². The molecule has 7 nitrogen and oxygen atoms in total. The molecule has 0 fully saturated rings. The van der Waals surface area contributed by atoms with Crippen LogP contribution < -0.4 is 16.8 Å². The molecule has 0 unspecified atom stereocenters. The van der Waals surface area contributed by atoms with Crippen LogP contribution in [0.3, 0.4) is 0 Å². The number of carbonyl (C=O) groups excluding carboxylic acids is 3. The number of rotatable bonds is 4. The van der Waals surface area contributed by atoms with Crippen molar-refractivity contribution in [2.45, 2.75) is 19.8 Å². The Labute approximate surface area is 93.8 Å². The zero-order valence-electron chi connectivity index (χ0n) is 9.19. The molecule has 16 heavy (non-hydrogen) atoms. The second-order valence-electron chi connectivity index (χ2n) is 2.58. The lowest BCUT2D eigenvalue weighted by atomic mass is 10.3. The number of nitrogens with one attached hydrogen (secondary N) is 1. The van der Waals surface area contributed by atoms with Gasteiger partial charge in [0.2, 0.25) is 0 Å². The highest BCUT2D eigenvalue weighted by molar-refractivity contribution is 5.91. The summed E-state index contributed by atoms with van der Waals surface area (Å²) in [4.78, 5) is 29.8. The van der Waals surface area contributed by atoms with Crippen molar-refractivity contribution in [2.24, 2.45) is 11.5 Å². The summed E-state index contributed by atoms with van der Waals surface area (Å²) in [5, 5.41) is 1.58. The molecule has 7 heteroatoms. The molecule has 0 saturated carbocycles. The Morgan fingerprint density at radius 2 is 1.81 bits per heavy atom. The number of ether oxygens (including phenoxy) is 1. The van der Waals surface area contributed by atoms with Crippen molar-refractivity contribution >= 4 is 18.0 Å². The van der Waals surface area contributed by atoms with E-state index < -0.39 is 12.1 Å². The third-order valence-corrected chi connectivity index (χ3v) is 1.06. The van der Waals surface area contributed by atoms with Crippen molar-refractivity contribution in [3.05, 3.63) is 12.7 Å². The van der Waals surface area contributed by atoms with E-state index in [0.717, 1.165) is 6.42 Å². The third-order valence-electron chi connectivity index (χ3n) is 1.06. The van der Waals surface area contributed by atoms with Crippen LogP contribution in [0.5, 0.6) is 0 Å². The molecule has 0 bridgehead atoms. The summed E-state index contributed by atoms with van der Waals surface area (Å²) in [5.74, 6) is -0.141. The fourth-order valence-electron chi connectivity index (χ4n) is 0.550. The Morgan fingerprint density at radius 1 is 1.31 bits per heavy atom. The highest BCUT2D eigenvalue weighted by atomic mass is 16.5. The molecule has 0 aromatic rings. The lowest BCUT2D eigenvalue weighted by Crippen LogP contribution is -2.38. The van der Waals surface area contributed by atoms with Crippen LogP contribution in [0.1, 0.15) is 19.8 Å². The molecule has 0 aliphatic heterocycles. The van der Waals surface area contributed by atoms with Gasteiger partial charge in [0.05, 0.1) is 0 Å². The summed E-state index contributed by atoms with van der Waals surface area (Å²) in [5.41, 5.74) is 8.88. The topological polar surface area (TPSA) is 125 Å². The lowest BCUT2D eigenvalue weighted by Gasteiger charge is -1.97. The van der Waals surface area contributed by atoms with Crippen molar-refractivity contribution < 1.29 is 19.1 Å². The third kappa shape index (κ3) is 17.9. The van der Waals surface area contributed by atoms with Crippen LogP contribution in [0.4, 0.5) is 9.59 Å². The van der Waals surface area contributed by atoms with Gasteiger partial charge in [-0.15, -0.1) is 0 Å². The van der Waals surface area contributed by atoms with Gasteiger partial charge in [0, 0.05) is 6.42 Å². The first-order valence-electron chi connectivity index (χ1n) is 4.56. The largest absolute Gasteiger partial charge is 0.461 e.